The second kappa shape index (κ2) is 9.72. The molecule has 1 aromatic heterocycles. The summed E-state index contributed by atoms with van der Waals surface area (Å²) >= 11 is 0. The molecule has 3 aliphatic rings. The molecule has 2 saturated carbocycles. The fraction of sp³-hybridized carbons (Fsp3) is 0.393. The highest BCUT2D eigenvalue weighted by molar-refractivity contribution is 6.32. The molecule has 2 aromatic rings. The summed E-state index contributed by atoms with van der Waals surface area (Å²) in [6.45, 7) is 0.00157. The Balaban J connectivity index is 1.53. The van der Waals surface area contributed by atoms with Crippen LogP contribution in [0.1, 0.15) is 38.4 Å². The third kappa shape index (κ3) is 3.94. The Hall–Kier alpha value is -4.29. The molecule has 0 radical (unpaired) electrons. The molecule has 12 nitrogen and oxygen atoms in total. The Morgan fingerprint density at radius 2 is 1.85 bits per heavy atom. The fourth-order valence-corrected chi connectivity index (χ4v) is 6.60. The van der Waals surface area contributed by atoms with Crippen molar-refractivity contribution in [2.45, 2.75) is 31.0 Å². The van der Waals surface area contributed by atoms with Crippen molar-refractivity contribution in [3.63, 3.8) is 0 Å². The van der Waals surface area contributed by atoms with Crippen LogP contribution >= 0.6 is 0 Å². The van der Waals surface area contributed by atoms with E-state index in [4.69, 9.17) is 5.73 Å². The third-order valence-corrected chi connectivity index (χ3v) is 8.38. The summed E-state index contributed by atoms with van der Waals surface area (Å²) in [6.07, 6.45) is 1.53. The van der Waals surface area contributed by atoms with Crippen LogP contribution in [-0.4, -0.2) is 80.8 Å². The molecule has 0 saturated heterocycles. The number of carbonyl (C=O) groups excluding carboxylic acids is 6. The number of nitrogens with two attached hydrogens (primary N) is 1. The van der Waals surface area contributed by atoms with Gasteiger partial charge in [-0.25, -0.2) is 0 Å². The molecule has 40 heavy (non-hydrogen) atoms. The molecule has 0 spiro atoms. The average Bonchev–Trinajstić information content (AvgIpc) is 2.90. The van der Waals surface area contributed by atoms with Gasteiger partial charge in [-0.3, -0.25) is 38.7 Å². The lowest BCUT2D eigenvalue weighted by atomic mass is 9.52. The van der Waals surface area contributed by atoms with E-state index in [1.165, 1.54) is 31.3 Å². The molecule has 1 aromatic carbocycles. The van der Waals surface area contributed by atoms with Crippen LogP contribution in [0.2, 0.25) is 0 Å². The number of aromatic hydroxyl groups is 1. The highest BCUT2D eigenvalue weighted by Gasteiger charge is 2.69. The smallest absolute Gasteiger partial charge is 0.270 e. The number of amides is 2. The van der Waals surface area contributed by atoms with Crippen molar-refractivity contribution >= 4 is 34.9 Å². The Kier molecular flexibility index (Phi) is 6.63. The number of phenols is 1. The number of primary amides is 1. The second-order valence-corrected chi connectivity index (χ2v) is 10.8. The van der Waals surface area contributed by atoms with Crippen LogP contribution < -0.4 is 11.1 Å². The molecular formula is C28H28N4O8. The molecule has 5 rings (SSSR count). The maximum absolute atomic E-state index is 13.8. The second-order valence-electron chi connectivity index (χ2n) is 10.8. The number of hydrogen-bond acceptors (Lipinski definition) is 10. The van der Waals surface area contributed by atoms with Gasteiger partial charge in [-0.2, -0.15) is 0 Å². The standard InChI is InChI=1S/C28H28N4O8/c1-32(2)21-15-10-13-9-14-12(11-31-27(39)16-5-3-4-8-30-16)6-7-17(33)19(14)22(34)18(13)24(36)28(15,40)25(37)20(23(21)35)26(29)38/h3-8,13,15,18,20-21,33,40H,9-11H2,1-2H3,(H2,29,38)(H,31,39)/t13-,15-,18?,20?,21-,28-/m1/s1. The first-order valence-electron chi connectivity index (χ1n) is 12.8. The van der Waals surface area contributed by atoms with Crippen molar-refractivity contribution in [3.8, 4) is 5.75 Å². The number of phenolic OH excluding ortho intramolecular Hbond substituents is 1. The van der Waals surface area contributed by atoms with Gasteiger partial charge in [0.25, 0.3) is 5.91 Å². The maximum atomic E-state index is 13.8. The van der Waals surface area contributed by atoms with Crippen molar-refractivity contribution in [1.82, 2.24) is 15.2 Å². The quantitative estimate of drug-likeness (QED) is 0.343. The highest BCUT2D eigenvalue weighted by Crippen LogP contribution is 2.51. The first kappa shape index (κ1) is 27.3. The van der Waals surface area contributed by atoms with E-state index in [9.17, 15) is 39.0 Å². The first-order chi connectivity index (χ1) is 18.9. The molecule has 5 N–H and O–H groups in total. The van der Waals surface area contributed by atoms with Gasteiger partial charge >= 0.3 is 0 Å². The number of carbonyl (C=O) groups is 6. The number of aliphatic hydroxyl groups is 1. The maximum Gasteiger partial charge on any atom is 0.270 e. The number of nitrogens with one attached hydrogen (secondary N) is 1. The largest absolute Gasteiger partial charge is 0.507 e. The third-order valence-electron chi connectivity index (χ3n) is 8.38. The van der Waals surface area contributed by atoms with Gasteiger partial charge in [0.1, 0.15) is 11.4 Å². The first-order valence-corrected chi connectivity index (χ1v) is 12.8. The van der Waals surface area contributed by atoms with Gasteiger partial charge in [0.05, 0.1) is 17.5 Å². The van der Waals surface area contributed by atoms with Crippen molar-refractivity contribution in [2.24, 2.45) is 29.4 Å². The van der Waals surface area contributed by atoms with Crippen molar-refractivity contribution in [3.05, 3.63) is 58.9 Å². The number of hydrogen-bond donors (Lipinski definition) is 4. The van der Waals surface area contributed by atoms with Gasteiger partial charge in [-0.05, 0) is 62.2 Å². The van der Waals surface area contributed by atoms with Gasteiger partial charge in [0.2, 0.25) is 5.91 Å². The van der Waals surface area contributed by atoms with E-state index >= 15 is 0 Å². The van der Waals surface area contributed by atoms with Gasteiger partial charge in [-0.15, -0.1) is 0 Å². The molecule has 1 heterocycles. The predicted octanol–water partition coefficient (Wildman–Crippen LogP) is -0.808. The van der Waals surface area contributed by atoms with Crippen LogP contribution in [0.15, 0.2) is 36.5 Å². The molecule has 208 valence electrons. The topological polar surface area (TPSA) is 197 Å². The number of Topliss-reactive ketones (excluding diaryl/α,β-unsaturated/α-hetero) is 4. The van der Waals surface area contributed by atoms with Crippen LogP contribution in [-0.2, 0) is 32.1 Å². The Bertz CT molecular complexity index is 1470. The van der Waals surface area contributed by atoms with Gasteiger partial charge < -0.3 is 21.3 Å². The molecule has 2 unspecified atom stereocenters. The summed E-state index contributed by atoms with van der Waals surface area (Å²) in [7, 11) is 3.05. The summed E-state index contributed by atoms with van der Waals surface area (Å²) in [4.78, 5) is 84.1. The number of fused-ring (bicyclic) bond motifs is 3. The van der Waals surface area contributed by atoms with E-state index in [-0.39, 0.29) is 36.4 Å². The van der Waals surface area contributed by atoms with E-state index in [2.05, 4.69) is 10.3 Å². The van der Waals surface area contributed by atoms with Crippen LogP contribution in [0.4, 0.5) is 0 Å². The normalized spacial score (nSPS) is 29.4. The molecule has 2 amide bonds. The molecule has 12 heteroatoms. The fourth-order valence-electron chi connectivity index (χ4n) is 6.60. The lowest BCUT2D eigenvalue weighted by Crippen LogP contribution is -2.74. The van der Waals surface area contributed by atoms with Crippen LogP contribution in [0.5, 0.6) is 5.75 Å². The van der Waals surface area contributed by atoms with Crippen LogP contribution in [0.25, 0.3) is 0 Å². The number of rotatable bonds is 5. The Morgan fingerprint density at radius 3 is 2.48 bits per heavy atom. The van der Waals surface area contributed by atoms with Crippen molar-refractivity contribution in [1.29, 1.82) is 0 Å². The van der Waals surface area contributed by atoms with E-state index in [1.54, 1.807) is 24.3 Å². The Labute approximate surface area is 228 Å². The molecule has 3 aliphatic carbocycles. The zero-order valence-corrected chi connectivity index (χ0v) is 21.8. The predicted molar refractivity (Wildman–Crippen MR) is 137 cm³/mol. The molecular weight excluding hydrogens is 520 g/mol. The van der Waals surface area contributed by atoms with E-state index < -0.39 is 70.3 Å². The zero-order valence-electron chi connectivity index (χ0n) is 21.8. The van der Waals surface area contributed by atoms with Gasteiger partial charge in [-0.1, -0.05) is 12.1 Å². The molecule has 0 bridgehead atoms. The lowest BCUT2D eigenvalue weighted by molar-refractivity contribution is -0.181. The minimum absolute atomic E-state index is 0.00157. The van der Waals surface area contributed by atoms with Crippen molar-refractivity contribution < 1.29 is 39.0 Å². The van der Waals surface area contributed by atoms with Crippen LogP contribution in [0, 0.1) is 23.7 Å². The van der Waals surface area contributed by atoms with Gasteiger partial charge in [0, 0.05) is 18.7 Å². The van der Waals surface area contributed by atoms with Gasteiger partial charge in [0.15, 0.2) is 34.7 Å². The minimum atomic E-state index is -2.78. The summed E-state index contributed by atoms with van der Waals surface area (Å²) < 4.78 is 0. The van der Waals surface area contributed by atoms with E-state index in [1.807, 2.05) is 0 Å². The summed E-state index contributed by atoms with van der Waals surface area (Å²) in [5.41, 5.74) is 3.57. The number of nitrogens with zero attached hydrogens (tertiary/aromatic N) is 2. The van der Waals surface area contributed by atoms with Crippen molar-refractivity contribution in [2.75, 3.05) is 14.1 Å². The van der Waals surface area contributed by atoms with E-state index in [0.29, 0.717) is 11.1 Å². The summed E-state index contributed by atoms with van der Waals surface area (Å²) in [5.74, 6) is -11.5. The minimum Gasteiger partial charge on any atom is -0.507 e. The molecule has 2 fully saturated rings. The average molecular weight is 549 g/mol. The monoisotopic (exact) mass is 548 g/mol. The summed E-state index contributed by atoms with van der Waals surface area (Å²) in [6, 6.07) is 6.54. The number of likely N-dealkylation sites (N-methyl/N-ethyl adjacent to an activating group) is 1. The van der Waals surface area contributed by atoms with Crippen LogP contribution in [0.3, 0.4) is 0 Å². The zero-order chi connectivity index (χ0) is 29.1. The number of pyridine rings is 1. The van der Waals surface area contributed by atoms with E-state index in [0.717, 1.165) is 0 Å². The highest BCUT2D eigenvalue weighted by atomic mass is 16.3. The number of ketones is 4. The summed E-state index contributed by atoms with van der Waals surface area (Å²) in [5, 5.41) is 25.0. The Morgan fingerprint density at radius 1 is 1.12 bits per heavy atom. The number of aromatic nitrogens is 1. The molecule has 0 aliphatic heterocycles. The molecule has 6 atom stereocenters. The lowest BCUT2D eigenvalue weighted by Gasteiger charge is -2.52. The SMILES string of the molecule is CN(C)[C@H]1C(=O)C(C(N)=O)C(=O)[C@]2(O)C(=O)C3C(=O)c4c(O)ccc(CNC(=O)c5ccccn5)c4C[C@@H]3C[C@H]12. The number of benzene rings is 1.